The molecule has 0 aromatic carbocycles. The highest BCUT2D eigenvalue weighted by molar-refractivity contribution is 7.85. The maximum Gasteiger partial charge on any atom is 0.266 e. The van der Waals surface area contributed by atoms with Crippen LogP contribution < -0.4 is 5.32 Å². The number of hydrogen-bond donors (Lipinski definition) is 3. The number of aliphatic hydroxyl groups is 1. The second kappa shape index (κ2) is 37.1. The normalized spacial score (nSPS) is 13.1. The first-order valence-corrected chi connectivity index (χ1v) is 23.3. The lowest BCUT2D eigenvalue weighted by Crippen LogP contribution is -2.47. The maximum atomic E-state index is 12.5. The minimum absolute atomic E-state index is 0.241. The van der Waals surface area contributed by atoms with Gasteiger partial charge in [-0.2, -0.15) is 8.42 Å². The van der Waals surface area contributed by atoms with Crippen LogP contribution in [-0.4, -0.2) is 41.9 Å². The van der Waals surface area contributed by atoms with Crippen molar-refractivity contribution in [2.24, 2.45) is 0 Å². The number of unbranched alkanes of at least 4 members (excludes halogenated alkanes) is 32. The van der Waals surface area contributed by atoms with Gasteiger partial charge in [0.15, 0.2) is 0 Å². The Hall–Kier alpha value is -0.660. The van der Waals surface area contributed by atoms with Crippen molar-refractivity contribution in [3.8, 4) is 0 Å². The molecule has 0 heterocycles. The molecule has 0 aliphatic rings. The Morgan fingerprint density at radius 2 is 0.735 bits per heavy atom. The van der Waals surface area contributed by atoms with Gasteiger partial charge in [0.2, 0.25) is 5.91 Å². The zero-order chi connectivity index (χ0) is 36.1. The third kappa shape index (κ3) is 38.4. The summed E-state index contributed by atoms with van der Waals surface area (Å²) in [7, 11) is -4.30. The molecule has 0 aromatic rings. The van der Waals surface area contributed by atoms with Gasteiger partial charge in [-0.1, -0.05) is 226 Å². The Morgan fingerprint density at radius 3 is 1.02 bits per heavy atom. The lowest BCUT2D eigenvalue weighted by molar-refractivity contribution is -0.122. The van der Waals surface area contributed by atoms with Crippen LogP contribution in [0.15, 0.2) is 0 Å². The number of aliphatic hydroxyl groups excluding tert-OH is 1. The molecule has 0 aliphatic heterocycles. The second-order valence-electron chi connectivity index (χ2n) is 15.3. The second-order valence-corrected chi connectivity index (χ2v) is 16.8. The Bertz CT molecular complexity index is 790. The molecule has 0 fully saturated rings. The molecule has 49 heavy (non-hydrogen) atoms. The van der Waals surface area contributed by atoms with Crippen molar-refractivity contribution in [2.75, 3.05) is 5.75 Å². The summed E-state index contributed by atoms with van der Waals surface area (Å²) in [5, 5.41) is 13.4. The predicted octanol–water partition coefficient (Wildman–Crippen LogP) is 12.8. The van der Waals surface area contributed by atoms with Crippen LogP contribution in [0.4, 0.5) is 0 Å². The first-order valence-electron chi connectivity index (χ1n) is 21.7. The molecule has 6 nitrogen and oxygen atoms in total. The van der Waals surface area contributed by atoms with Crippen LogP contribution in [0.3, 0.4) is 0 Å². The van der Waals surface area contributed by atoms with Crippen LogP contribution in [0, 0.1) is 0 Å². The van der Waals surface area contributed by atoms with Crippen molar-refractivity contribution < 1.29 is 22.9 Å². The van der Waals surface area contributed by atoms with E-state index in [4.69, 9.17) is 0 Å². The van der Waals surface area contributed by atoms with E-state index in [9.17, 15) is 22.9 Å². The van der Waals surface area contributed by atoms with E-state index < -0.39 is 28.0 Å². The van der Waals surface area contributed by atoms with Crippen molar-refractivity contribution in [1.82, 2.24) is 5.32 Å². The van der Waals surface area contributed by atoms with Gasteiger partial charge in [-0.05, 0) is 12.8 Å². The average Bonchev–Trinajstić information content (AvgIpc) is 3.06. The van der Waals surface area contributed by atoms with Crippen LogP contribution in [0.5, 0.6) is 0 Å². The molecule has 0 spiro atoms. The van der Waals surface area contributed by atoms with Gasteiger partial charge in [-0.3, -0.25) is 9.35 Å². The van der Waals surface area contributed by atoms with Crippen molar-refractivity contribution in [3.63, 3.8) is 0 Å². The van der Waals surface area contributed by atoms with Gasteiger partial charge in [0.05, 0.1) is 17.9 Å². The fourth-order valence-electron chi connectivity index (χ4n) is 7.04. The molecular formula is C42H85NO5S. The van der Waals surface area contributed by atoms with E-state index in [1.54, 1.807) is 0 Å². The summed E-state index contributed by atoms with van der Waals surface area (Å²) >= 11 is 0. The third-order valence-corrected chi connectivity index (χ3v) is 11.1. The fourth-order valence-corrected chi connectivity index (χ4v) is 7.80. The molecular weight excluding hydrogens is 631 g/mol. The minimum atomic E-state index is -4.30. The van der Waals surface area contributed by atoms with Gasteiger partial charge < -0.3 is 10.4 Å². The highest BCUT2D eigenvalue weighted by atomic mass is 32.2. The fraction of sp³-hybridized carbons (Fsp3) is 0.976. The lowest BCUT2D eigenvalue weighted by Gasteiger charge is -2.23. The summed E-state index contributed by atoms with van der Waals surface area (Å²) in [6.07, 6.45) is 43.4. The number of rotatable bonds is 40. The Kier molecular flexibility index (Phi) is 36.6. The highest BCUT2D eigenvalue weighted by Crippen LogP contribution is 2.17. The Balaban J connectivity index is 3.77. The predicted molar refractivity (Wildman–Crippen MR) is 212 cm³/mol. The summed E-state index contributed by atoms with van der Waals surface area (Å²) in [5.41, 5.74) is 0. The Labute approximate surface area is 306 Å². The van der Waals surface area contributed by atoms with Gasteiger partial charge in [-0.25, -0.2) is 0 Å². The van der Waals surface area contributed by atoms with E-state index in [2.05, 4.69) is 19.2 Å². The Morgan fingerprint density at radius 1 is 0.469 bits per heavy atom. The lowest BCUT2D eigenvalue weighted by atomic mass is 10.0. The molecule has 294 valence electrons. The number of amides is 1. The maximum absolute atomic E-state index is 12.5. The van der Waals surface area contributed by atoms with Gasteiger partial charge in [0.25, 0.3) is 10.1 Å². The van der Waals surface area contributed by atoms with Crippen LogP contribution in [0.1, 0.15) is 245 Å². The number of nitrogens with one attached hydrogen (secondary N) is 1. The van der Waals surface area contributed by atoms with Crippen molar-refractivity contribution in [3.05, 3.63) is 0 Å². The molecule has 0 radical (unpaired) electrons. The summed E-state index contributed by atoms with van der Waals surface area (Å²) in [4.78, 5) is 12.5. The van der Waals surface area contributed by atoms with Gasteiger partial charge >= 0.3 is 0 Å². The summed E-state index contributed by atoms with van der Waals surface area (Å²) in [6.45, 7) is 4.54. The number of carbonyl (C=O) groups is 1. The van der Waals surface area contributed by atoms with E-state index >= 15 is 0 Å². The summed E-state index contributed by atoms with van der Waals surface area (Å²) in [6, 6.07) is -0.963. The minimum Gasteiger partial charge on any atom is -0.391 e. The molecule has 0 saturated carbocycles. The highest BCUT2D eigenvalue weighted by Gasteiger charge is 2.26. The quantitative estimate of drug-likeness (QED) is 0.0433. The van der Waals surface area contributed by atoms with Gasteiger partial charge in [-0.15, -0.1) is 0 Å². The first-order chi connectivity index (χ1) is 23.8. The van der Waals surface area contributed by atoms with Crippen LogP contribution >= 0.6 is 0 Å². The zero-order valence-electron chi connectivity index (χ0n) is 32.8. The number of carbonyl (C=O) groups excluding carboxylic acids is 1. The number of hydrogen-bond acceptors (Lipinski definition) is 4. The van der Waals surface area contributed by atoms with E-state index in [0.717, 1.165) is 38.5 Å². The van der Waals surface area contributed by atoms with Crippen molar-refractivity contribution in [1.29, 1.82) is 0 Å². The molecule has 0 bridgehead atoms. The zero-order valence-corrected chi connectivity index (χ0v) is 33.7. The van der Waals surface area contributed by atoms with E-state index in [-0.39, 0.29) is 5.91 Å². The molecule has 3 N–H and O–H groups in total. The monoisotopic (exact) mass is 716 g/mol. The smallest absolute Gasteiger partial charge is 0.266 e. The van der Waals surface area contributed by atoms with Crippen LogP contribution in [0.25, 0.3) is 0 Å². The van der Waals surface area contributed by atoms with Crippen molar-refractivity contribution in [2.45, 2.75) is 257 Å². The van der Waals surface area contributed by atoms with Gasteiger partial charge in [0.1, 0.15) is 0 Å². The molecule has 7 heteroatoms. The van der Waals surface area contributed by atoms with Crippen LogP contribution in [0.2, 0.25) is 0 Å². The first kappa shape index (κ1) is 48.3. The molecule has 0 aliphatic carbocycles. The third-order valence-electron chi connectivity index (χ3n) is 10.3. The van der Waals surface area contributed by atoms with Gasteiger partial charge in [0, 0.05) is 6.42 Å². The molecule has 2 atom stereocenters. The molecule has 0 aromatic heterocycles. The molecule has 0 rings (SSSR count). The molecule has 2 unspecified atom stereocenters. The molecule has 0 saturated heterocycles. The average molecular weight is 716 g/mol. The molecule has 1 amide bonds. The summed E-state index contributed by atoms with van der Waals surface area (Å²) < 4.78 is 32.6. The van der Waals surface area contributed by atoms with E-state index in [1.165, 1.54) is 180 Å². The topological polar surface area (TPSA) is 104 Å². The standard InChI is InChI=1S/C42H85NO5S/c1-3-5-7-9-11-13-15-17-19-20-21-22-23-24-25-27-29-31-33-35-37-41(44)40(39-49(46,47)48)43-42(45)38-36-34-32-30-28-26-18-16-14-12-10-8-6-4-2/h40-41,44H,3-39H2,1-2H3,(H,43,45)(H,46,47,48). The summed E-state index contributed by atoms with van der Waals surface area (Å²) in [5.74, 6) is -0.882. The SMILES string of the molecule is CCCCCCCCCCCCCCCCCCCCCCC(O)C(CS(=O)(=O)O)NC(=O)CCCCCCCCCCCCCCCC. The van der Waals surface area contributed by atoms with Crippen LogP contribution in [-0.2, 0) is 14.9 Å². The van der Waals surface area contributed by atoms with E-state index in [0.29, 0.717) is 12.8 Å². The largest absolute Gasteiger partial charge is 0.391 e. The van der Waals surface area contributed by atoms with E-state index in [1.807, 2.05) is 0 Å². The van der Waals surface area contributed by atoms with Crippen molar-refractivity contribution >= 4 is 16.0 Å².